The molecule has 2 heterocycles. The summed E-state index contributed by atoms with van der Waals surface area (Å²) in [5.74, 6) is -0.755. The molecule has 3 aromatic rings. The van der Waals surface area contributed by atoms with Crippen LogP contribution in [0.4, 0.5) is 15.8 Å². The van der Waals surface area contributed by atoms with E-state index in [1.54, 1.807) is 18.2 Å². The molecule has 0 saturated carbocycles. The summed E-state index contributed by atoms with van der Waals surface area (Å²) >= 11 is 3.39. The van der Waals surface area contributed by atoms with Crippen molar-refractivity contribution in [1.29, 1.82) is 0 Å². The fourth-order valence-corrected chi connectivity index (χ4v) is 3.31. The van der Waals surface area contributed by atoms with Gasteiger partial charge in [0.25, 0.3) is 5.91 Å². The van der Waals surface area contributed by atoms with Crippen molar-refractivity contribution in [2.24, 2.45) is 0 Å². The predicted octanol–water partition coefficient (Wildman–Crippen LogP) is 4.07. The molecule has 1 amide bonds. The number of nitrogens with one attached hydrogen (secondary N) is 2. The van der Waals surface area contributed by atoms with Crippen LogP contribution in [0.2, 0.25) is 0 Å². The number of carbonyl (C=O) groups excluding carboxylic acids is 1. The monoisotopic (exact) mass is 444 g/mol. The van der Waals surface area contributed by atoms with Crippen molar-refractivity contribution in [1.82, 2.24) is 10.2 Å². The van der Waals surface area contributed by atoms with E-state index in [2.05, 4.69) is 31.4 Å². The van der Waals surface area contributed by atoms with Crippen LogP contribution in [0.3, 0.4) is 0 Å². The van der Waals surface area contributed by atoms with Gasteiger partial charge in [-0.25, -0.2) is 4.39 Å². The number of benzene rings is 2. The summed E-state index contributed by atoms with van der Waals surface area (Å²) in [6, 6.07) is 14.0. The number of ether oxygens (including phenoxy) is 1. The molecule has 0 unspecified atom stereocenters. The van der Waals surface area contributed by atoms with Crippen molar-refractivity contribution < 1.29 is 13.9 Å². The summed E-state index contributed by atoms with van der Waals surface area (Å²) in [6.07, 6.45) is 0. The molecule has 1 saturated heterocycles. The maximum absolute atomic E-state index is 14.5. The first-order valence-electron chi connectivity index (χ1n) is 8.85. The molecule has 0 aliphatic carbocycles. The molecule has 1 aliphatic heterocycles. The van der Waals surface area contributed by atoms with Gasteiger partial charge in [-0.3, -0.25) is 9.89 Å². The molecule has 1 aliphatic rings. The smallest absolute Gasteiger partial charge is 0.273 e. The lowest BCUT2D eigenvalue weighted by Crippen LogP contribution is -2.36. The van der Waals surface area contributed by atoms with Crippen molar-refractivity contribution in [3.05, 3.63) is 64.5 Å². The van der Waals surface area contributed by atoms with Gasteiger partial charge in [-0.05, 0) is 36.4 Å². The van der Waals surface area contributed by atoms with Gasteiger partial charge in [0.05, 0.1) is 24.6 Å². The van der Waals surface area contributed by atoms with Gasteiger partial charge in [-0.2, -0.15) is 5.10 Å². The molecular formula is C20H18BrFN4O2. The first-order valence-corrected chi connectivity index (χ1v) is 9.64. The third-order valence-corrected chi connectivity index (χ3v) is 5.05. The largest absolute Gasteiger partial charge is 0.378 e. The van der Waals surface area contributed by atoms with E-state index < -0.39 is 0 Å². The molecule has 144 valence electrons. The Morgan fingerprint density at radius 1 is 1.14 bits per heavy atom. The van der Waals surface area contributed by atoms with E-state index in [1.807, 2.05) is 29.2 Å². The highest BCUT2D eigenvalue weighted by molar-refractivity contribution is 9.10. The lowest BCUT2D eigenvalue weighted by atomic mass is 10.1. The van der Waals surface area contributed by atoms with Gasteiger partial charge in [0, 0.05) is 28.8 Å². The Balaban J connectivity index is 1.46. The number of hydrogen-bond acceptors (Lipinski definition) is 4. The summed E-state index contributed by atoms with van der Waals surface area (Å²) in [7, 11) is 0. The van der Waals surface area contributed by atoms with Crippen molar-refractivity contribution in [2.75, 3.05) is 36.5 Å². The van der Waals surface area contributed by atoms with Crippen molar-refractivity contribution >= 4 is 33.2 Å². The van der Waals surface area contributed by atoms with Crippen LogP contribution < -0.4 is 10.2 Å². The van der Waals surface area contributed by atoms with Crippen molar-refractivity contribution in [3.63, 3.8) is 0 Å². The Morgan fingerprint density at radius 3 is 2.61 bits per heavy atom. The second kappa shape index (κ2) is 8.12. The van der Waals surface area contributed by atoms with Gasteiger partial charge in [0.2, 0.25) is 0 Å². The van der Waals surface area contributed by atoms with Gasteiger partial charge in [0.1, 0.15) is 11.5 Å². The minimum atomic E-state index is -0.380. The topological polar surface area (TPSA) is 70.2 Å². The Bertz CT molecular complexity index is 984. The highest BCUT2D eigenvalue weighted by atomic mass is 79.9. The summed E-state index contributed by atoms with van der Waals surface area (Å²) in [6.45, 7) is 2.46. The summed E-state index contributed by atoms with van der Waals surface area (Å²) in [5, 5.41) is 9.61. The summed E-state index contributed by atoms with van der Waals surface area (Å²) < 4.78 is 20.7. The number of aromatic amines is 1. The number of nitrogens with zero attached hydrogens (tertiary/aromatic N) is 2. The van der Waals surface area contributed by atoms with Crippen LogP contribution in [0, 0.1) is 5.82 Å². The number of H-pyrrole nitrogens is 1. The lowest BCUT2D eigenvalue weighted by molar-refractivity contribution is 0.102. The number of anilines is 2. The highest BCUT2D eigenvalue weighted by Crippen LogP contribution is 2.25. The van der Waals surface area contributed by atoms with E-state index in [4.69, 9.17) is 4.74 Å². The minimum absolute atomic E-state index is 0.301. The maximum Gasteiger partial charge on any atom is 0.273 e. The molecular weight excluding hydrogens is 427 g/mol. The van der Waals surface area contributed by atoms with E-state index >= 15 is 0 Å². The fourth-order valence-electron chi connectivity index (χ4n) is 3.05. The van der Waals surface area contributed by atoms with Crippen LogP contribution >= 0.6 is 15.9 Å². The molecule has 0 radical (unpaired) electrons. The summed E-state index contributed by atoms with van der Waals surface area (Å²) in [5.41, 5.74) is 2.75. The summed E-state index contributed by atoms with van der Waals surface area (Å²) in [4.78, 5) is 14.4. The normalized spacial score (nSPS) is 14.1. The number of aromatic nitrogens is 2. The molecule has 1 fully saturated rings. The van der Waals surface area contributed by atoms with E-state index in [1.165, 1.54) is 6.07 Å². The first kappa shape index (κ1) is 18.6. The van der Waals surface area contributed by atoms with Gasteiger partial charge < -0.3 is 15.0 Å². The number of halogens is 2. The zero-order valence-corrected chi connectivity index (χ0v) is 16.5. The molecule has 28 heavy (non-hydrogen) atoms. The first-order chi connectivity index (χ1) is 13.6. The number of hydrogen-bond donors (Lipinski definition) is 2. The second-order valence-electron chi connectivity index (χ2n) is 6.39. The van der Waals surface area contributed by atoms with E-state index in [9.17, 15) is 9.18 Å². The molecule has 2 N–H and O–H groups in total. The van der Waals surface area contributed by atoms with Gasteiger partial charge in [-0.15, -0.1) is 0 Å². The van der Waals surface area contributed by atoms with Gasteiger partial charge in [0.15, 0.2) is 0 Å². The lowest BCUT2D eigenvalue weighted by Gasteiger charge is -2.29. The SMILES string of the molecule is O=C(Nc1ccc(N2CCOCC2)c(F)c1)c1cc(-c2ccc(Br)cc2)n[nH]1. The van der Waals surface area contributed by atoms with E-state index in [0.717, 1.165) is 10.0 Å². The average Bonchev–Trinajstić information content (AvgIpc) is 3.20. The highest BCUT2D eigenvalue weighted by Gasteiger charge is 2.17. The number of carbonyl (C=O) groups is 1. The van der Waals surface area contributed by atoms with Gasteiger partial charge >= 0.3 is 0 Å². The zero-order chi connectivity index (χ0) is 19.5. The predicted molar refractivity (Wildman–Crippen MR) is 109 cm³/mol. The quantitative estimate of drug-likeness (QED) is 0.636. The standard InChI is InChI=1S/C20H18BrFN4O2/c21-14-3-1-13(2-4-14)17-12-18(25-24-17)20(27)23-15-5-6-19(16(22)11-15)26-7-9-28-10-8-26/h1-6,11-12H,7-10H2,(H,23,27)(H,24,25). The van der Waals surface area contributed by atoms with Crippen LogP contribution in [-0.2, 0) is 4.74 Å². The minimum Gasteiger partial charge on any atom is -0.378 e. The Kier molecular flexibility index (Phi) is 5.40. The Morgan fingerprint density at radius 2 is 1.89 bits per heavy atom. The molecule has 4 rings (SSSR count). The van der Waals surface area contributed by atoms with Crippen molar-refractivity contribution in [2.45, 2.75) is 0 Å². The number of amides is 1. The van der Waals surface area contributed by atoms with E-state index in [0.29, 0.717) is 49.1 Å². The van der Waals surface area contributed by atoms with E-state index in [-0.39, 0.29) is 11.7 Å². The molecule has 2 aromatic carbocycles. The van der Waals surface area contributed by atoms with Gasteiger partial charge in [-0.1, -0.05) is 28.1 Å². The number of rotatable bonds is 4. The molecule has 0 spiro atoms. The fraction of sp³-hybridized carbons (Fsp3) is 0.200. The van der Waals surface area contributed by atoms with Crippen LogP contribution in [0.1, 0.15) is 10.5 Å². The zero-order valence-electron chi connectivity index (χ0n) is 14.9. The van der Waals surface area contributed by atoms with Crippen LogP contribution in [-0.4, -0.2) is 42.4 Å². The molecule has 8 heteroatoms. The molecule has 0 atom stereocenters. The molecule has 1 aromatic heterocycles. The molecule has 6 nitrogen and oxygen atoms in total. The van der Waals surface area contributed by atoms with Crippen LogP contribution in [0.15, 0.2) is 53.0 Å². The van der Waals surface area contributed by atoms with Crippen molar-refractivity contribution in [3.8, 4) is 11.3 Å². The second-order valence-corrected chi connectivity index (χ2v) is 7.31. The number of morpholine rings is 1. The Labute approximate surface area is 169 Å². The van der Waals surface area contributed by atoms with Crippen LogP contribution in [0.25, 0.3) is 11.3 Å². The average molecular weight is 445 g/mol. The molecule has 0 bridgehead atoms. The Hall–Kier alpha value is -2.71. The third-order valence-electron chi connectivity index (χ3n) is 4.52. The maximum atomic E-state index is 14.5. The van der Waals surface area contributed by atoms with Crippen LogP contribution in [0.5, 0.6) is 0 Å². The third kappa shape index (κ3) is 4.07.